The smallest absolute Gasteiger partial charge is 0.296 e. The second kappa shape index (κ2) is 7.63. The van der Waals surface area contributed by atoms with E-state index in [1.54, 1.807) is 25.1 Å². The third-order valence-corrected chi connectivity index (χ3v) is 5.62. The zero-order valence-electron chi connectivity index (χ0n) is 15.4. The van der Waals surface area contributed by atoms with Crippen LogP contribution in [0.25, 0.3) is 22.4 Å². The second-order valence-corrected chi connectivity index (χ2v) is 8.69. The summed E-state index contributed by atoms with van der Waals surface area (Å²) in [5.41, 5.74) is 0.319. The number of imidazole rings is 1. The number of rotatable bonds is 7. The number of aromatic nitrogens is 2. The molecule has 0 aliphatic carbocycles. The predicted octanol–water partition coefficient (Wildman–Crippen LogP) is 2.52. The van der Waals surface area contributed by atoms with Crippen molar-refractivity contribution in [3.05, 3.63) is 30.3 Å². The molecule has 3 N–H and O–H groups in total. The van der Waals surface area contributed by atoms with Crippen LogP contribution in [0.5, 0.6) is 11.5 Å². The first kappa shape index (κ1) is 21.0. The summed E-state index contributed by atoms with van der Waals surface area (Å²) >= 11 is 0. The fourth-order valence-corrected chi connectivity index (χ4v) is 4.03. The molecule has 1 aromatic heterocycles. The van der Waals surface area contributed by atoms with Crippen LogP contribution in [0.3, 0.4) is 0 Å². The first-order chi connectivity index (χ1) is 13.5. The lowest BCUT2D eigenvalue weighted by Crippen LogP contribution is -2.04. The Balaban J connectivity index is 2.23. The third-order valence-electron chi connectivity index (χ3n) is 3.92. The largest absolute Gasteiger partial charge is 0.490 e. The lowest BCUT2D eigenvalue weighted by molar-refractivity contribution is 0.288. The Bertz CT molecular complexity index is 1280. The molecule has 0 saturated carbocycles. The van der Waals surface area contributed by atoms with Gasteiger partial charge < -0.3 is 14.5 Å². The van der Waals surface area contributed by atoms with E-state index in [1.807, 2.05) is 6.92 Å². The first-order valence-electron chi connectivity index (χ1n) is 8.43. The molecule has 0 bridgehead atoms. The highest BCUT2D eigenvalue weighted by Crippen LogP contribution is 2.34. The van der Waals surface area contributed by atoms with Gasteiger partial charge in [-0.15, -0.1) is 0 Å². The van der Waals surface area contributed by atoms with E-state index in [1.165, 1.54) is 0 Å². The summed E-state index contributed by atoms with van der Waals surface area (Å²) in [4.78, 5) is 5.53. The number of aromatic amines is 1. The van der Waals surface area contributed by atoms with Gasteiger partial charge >= 0.3 is 0 Å². The van der Waals surface area contributed by atoms with Crippen LogP contribution in [0.4, 0.5) is 0 Å². The molecule has 29 heavy (non-hydrogen) atoms. The summed E-state index contributed by atoms with van der Waals surface area (Å²) in [5, 5.41) is 0. The summed E-state index contributed by atoms with van der Waals surface area (Å²) in [6.45, 7) is 4.44. The van der Waals surface area contributed by atoms with Gasteiger partial charge in [-0.25, -0.2) is 4.98 Å². The SMILES string of the molecule is CCOc1ccc(-c2nc3c(S(=O)(=O)O)cc(S(=O)(=O)O)cc3[nH]2)cc1OCC. The maximum absolute atomic E-state index is 11.7. The normalized spacial score (nSPS) is 12.3. The van der Waals surface area contributed by atoms with Crippen molar-refractivity contribution >= 4 is 31.3 Å². The fourth-order valence-electron chi connectivity index (χ4n) is 2.74. The molecule has 0 amide bonds. The summed E-state index contributed by atoms with van der Waals surface area (Å²) in [6.07, 6.45) is 0. The van der Waals surface area contributed by atoms with Crippen molar-refractivity contribution in [2.24, 2.45) is 0 Å². The number of nitrogens with zero attached hydrogens (tertiary/aromatic N) is 1. The number of H-pyrrole nitrogens is 1. The Morgan fingerprint density at radius 1 is 0.931 bits per heavy atom. The standard InChI is InChI=1S/C17H18N2O8S2/c1-3-26-13-6-5-10(7-14(13)27-4-2)17-18-12-8-11(28(20,21)22)9-15(16(12)19-17)29(23,24)25/h5-9H,3-4H2,1-2H3,(H,18,19)(H,20,21,22)(H,23,24,25). The maximum atomic E-state index is 11.7. The fraction of sp³-hybridized carbons (Fsp3) is 0.235. The molecule has 3 aromatic rings. The van der Waals surface area contributed by atoms with Crippen LogP contribution in [0.15, 0.2) is 40.1 Å². The van der Waals surface area contributed by atoms with Crippen LogP contribution in [-0.2, 0) is 20.2 Å². The van der Waals surface area contributed by atoms with E-state index in [0.29, 0.717) is 36.3 Å². The first-order valence-corrected chi connectivity index (χ1v) is 11.3. The van der Waals surface area contributed by atoms with E-state index < -0.39 is 30.0 Å². The van der Waals surface area contributed by atoms with Crippen molar-refractivity contribution < 1.29 is 35.4 Å². The molecule has 0 spiro atoms. The molecule has 156 valence electrons. The molecule has 1 heterocycles. The minimum atomic E-state index is -4.81. The summed E-state index contributed by atoms with van der Waals surface area (Å²) in [7, 11) is -9.53. The van der Waals surface area contributed by atoms with Gasteiger partial charge in [-0.2, -0.15) is 16.8 Å². The van der Waals surface area contributed by atoms with Crippen LogP contribution < -0.4 is 9.47 Å². The van der Waals surface area contributed by atoms with Gasteiger partial charge in [-0.1, -0.05) is 0 Å². The lowest BCUT2D eigenvalue weighted by Gasteiger charge is -2.11. The molecular weight excluding hydrogens is 424 g/mol. The van der Waals surface area contributed by atoms with Crippen molar-refractivity contribution in [1.82, 2.24) is 9.97 Å². The van der Waals surface area contributed by atoms with E-state index in [0.717, 1.165) is 6.07 Å². The molecule has 2 aromatic carbocycles. The zero-order valence-corrected chi connectivity index (χ0v) is 17.0. The highest BCUT2D eigenvalue weighted by molar-refractivity contribution is 7.86. The molecular formula is C17H18N2O8S2. The van der Waals surface area contributed by atoms with Crippen molar-refractivity contribution in [2.45, 2.75) is 23.6 Å². The van der Waals surface area contributed by atoms with E-state index in [9.17, 15) is 25.9 Å². The Morgan fingerprint density at radius 2 is 1.59 bits per heavy atom. The summed E-state index contributed by atoms with van der Waals surface area (Å²) in [6, 6.07) is 6.60. The number of ether oxygens (including phenoxy) is 2. The molecule has 3 rings (SSSR count). The van der Waals surface area contributed by atoms with Crippen LogP contribution in [0.2, 0.25) is 0 Å². The van der Waals surface area contributed by atoms with Gasteiger partial charge in [0.1, 0.15) is 16.2 Å². The van der Waals surface area contributed by atoms with Crippen molar-refractivity contribution in [1.29, 1.82) is 0 Å². The van der Waals surface area contributed by atoms with E-state index >= 15 is 0 Å². The minimum Gasteiger partial charge on any atom is -0.490 e. The monoisotopic (exact) mass is 442 g/mol. The maximum Gasteiger partial charge on any atom is 0.296 e. The van der Waals surface area contributed by atoms with Gasteiger partial charge in [0.25, 0.3) is 20.2 Å². The van der Waals surface area contributed by atoms with Crippen LogP contribution in [0, 0.1) is 0 Å². The van der Waals surface area contributed by atoms with E-state index in [4.69, 9.17) is 9.47 Å². The number of fused-ring (bicyclic) bond motifs is 1. The summed E-state index contributed by atoms with van der Waals surface area (Å²) < 4.78 is 76.1. The number of benzene rings is 2. The Morgan fingerprint density at radius 3 is 2.17 bits per heavy atom. The van der Waals surface area contributed by atoms with Gasteiger partial charge in [-0.05, 0) is 44.2 Å². The van der Waals surface area contributed by atoms with Gasteiger partial charge in [0, 0.05) is 5.56 Å². The molecule has 10 nitrogen and oxygen atoms in total. The molecule has 12 heteroatoms. The van der Waals surface area contributed by atoms with Gasteiger partial charge in [0.05, 0.1) is 23.6 Å². The van der Waals surface area contributed by atoms with Crippen molar-refractivity contribution in [2.75, 3.05) is 13.2 Å². The van der Waals surface area contributed by atoms with Crippen LogP contribution in [0.1, 0.15) is 13.8 Å². The molecule has 0 atom stereocenters. The molecule has 0 aliphatic rings. The third kappa shape index (κ3) is 4.34. The average Bonchev–Trinajstić information content (AvgIpc) is 3.05. The van der Waals surface area contributed by atoms with Gasteiger partial charge in [0.15, 0.2) is 11.5 Å². The quantitative estimate of drug-likeness (QED) is 0.468. The number of hydrogen-bond acceptors (Lipinski definition) is 7. The second-order valence-electron chi connectivity index (χ2n) is 5.88. The molecule has 0 radical (unpaired) electrons. The number of nitrogens with one attached hydrogen (secondary N) is 1. The topological polar surface area (TPSA) is 156 Å². The van der Waals surface area contributed by atoms with Gasteiger partial charge in [-0.3, -0.25) is 9.11 Å². The lowest BCUT2D eigenvalue weighted by atomic mass is 10.2. The predicted molar refractivity (Wildman–Crippen MR) is 103 cm³/mol. The van der Waals surface area contributed by atoms with Crippen LogP contribution in [-0.4, -0.2) is 49.1 Å². The van der Waals surface area contributed by atoms with E-state index in [2.05, 4.69) is 9.97 Å². The molecule has 0 unspecified atom stereocenters. The molecule has 0 aliphatic heterocycles. The molecule has 0 saturated heterocycles. The van der Waals surface area contributed by atoms with Crippen molar-refractivity contribution in [3.63, 3.8) is 0 Å². The average molecular weight is 442 g/mol. The molecule has 0 fully saturated rings. The van der Waals surface area contributed by atoms with Crippen LogP contribution >= 0.6 is 0 Å². The minimum absolute atomic E-state index is 0.00500. The Kier molecular flexibility index (Phi) is 5.54. The Hall–Kier alpha value is -2.67. The highest BCUT2D eigenvalue weighted by atomic mass is 32.2. The Labute approximate surface area is 167 Å². The summed E-state index contributed by atoms with van der Waals surface area (Å²) in [5.74, 6) is 1.16. The van der Waals surface area contributed by atoms with Crippen molar-refractivity contribution in [3.8, 4) is 22.9 Å². The zero-order chi connectivity index (χ0) is 21.4. The van der Waals surface area contributed by atoms with Gasteiger partial charge in [0.2, 0.25) is 0 Å². The highest BCUT2D eigenvalue weighted by Gasteiger charge is 2.23. The van der Waals surface area contributed by atoms with E-state index in [-0.39, 0.29) is 16.9 Å². The number of hydrogen-bond donors (Lipinski definition) is 3.